The van der Waals surface area contributed by atoms with Gasteiger partial charge in [0.05, 0.1) is 0 Å². The predicted octanol–water partition coefficient (Wildman–Crippen LogP) is 1.77. The topological polar surface area (TPSA) is 71.7 Å². The Morgan fingerprint density at radius 2 is 2.13 bits per heavy atom. The van der Waals surface area contributed by atoms with Crippen LogP contribution in [0.3, 0.4) is 0 Å². The summed E-state index contributed by atoms with van der Waals surface area (Å²) in [6.07, 6.45) is 3.48. The fraction of sp³-hybridized carbons (Fsp3) is 0.647. The largest absolute Gasteiger partial charge is 0.444 e. The van der Waals surface area contributed by atoms with Gasteiger partial charge < -0.3 is 15.4 Å². The molecule has 1 unspecified atom stereocenters. The molecular formula is C17H28N4O2. The summed E-state index contributed by atoms with van der Waals surface area (Å²) in [5.41, 5.74) is 7.79. The number of ether oxygens (including phenoxy) is 1. The van der Waals surface area contributed by atoms with Crippen molar-refractivity contribution in [2.75, 3.05) is 26.2 Å². The minimum atomic E-state index is -0.473. The molecule has 2 N–H and O–H groups in total. The normalized spacial score (nSPS) is 19.7. The molecule has 0 radical (unpaired) electrons. The maximum absolute atomic E-state index is 12.2. The van der Waals surface area contributed by atoms with Crippen molar-refractivity contribution in [3.63, 3.8) is 0 Å². The molecule has 6 heteroatoms. The lowest BCUT2D eigenvalue weighted by atomic mass is 10.1. The molecule has 1 atom stereocenters. The summed E-state index contributed by atoms with van der Waals surface area (Å²) < 4.78 is 5.46. The molecule has 2 rings (SSSR count). The minimum absolute atomic E-state index is 0.136. The number of rotatable bonds is 3. The second-order valence-electron chi connectivity index (χ2n) is 7.16. The Bertz CT molecular complexity index is 542. The lowest BCUT2D eigenvalue weighted by Gasteiger charge is -2.41. The van der Waals surface area contributed by atoms with E-state index in [-0.39, 0.29) is 12.1 Å². The van der Waals surface area contributed by atoms with Crippen LogP contribution in [0.25, 0.3) is 0 Å². The molecule has 1 aromatic rings. The van der Waals surface area contributed by atoms with Crippen LogP contribution in [0.4, 0.5) is 4.79 Å². The van der Waals surface area contributed by atoms with Crippen LogP contribution < -0.4 is 5.73 Å². The SMILES string of the molecule is Cc1cncc(CN2CCN(C(=O)OC(C)(C)C)CC2CN)c1. The van der Waals surface area contributed by atoms with Gasteiger partial charge in [0.15, 0.2) is 0 Å². The first-order chi connectivity index (χ1) is 10.8. The molecule has 0 aromatic carbocycles. The zero-order chi connectivity index (χ0) is 17.0. The lowest BCUT2D eigenvalue weighted by Crippen LogP contribution is -2.57. The molecule has 6 nitrogen and oxygen atoms in total. The maximum atomic E-state index is 12.2. The van der Waals surface area contributed by atoms with Gasteiger partial charge in [0.25, 0.3) is 0 Å². The Morgan fingerprint density at radius 3 is 2.74 bits per heavy atom. The van der Waals surface area contributed by atoms with Crippen molar-refractivity contribution in [2.45, 2.75) is 45.9 Å². The summed E-state index contributed by atoms with van der Waals surface area (Å²) >= 11 is 0. The van der Waals surface area contributed by atoms with Crippen LogP contribution in [0.5, 0.6) is 0 Å². The van der Waals surface area contributed by atoms with E-state index in [4.69, 9.17) is 10.5 Å². The third-order valence-electron chi connectivity index (χ3n) is 3.85. The number of carbonyl (C=O) groups is 1. The number of amides is 1. The van der Waals surface area contributed by atoms with Crippen molar-refractivity contribution in [1.29, 1.82) is 0 Å². The van der Waals surface area contributed by atoms with Gasteiger partial charge in [-0.1, -0.05) is 6.07 Å². The first kappa shape index (κ1) is 17.7. The number of pyridine rings is 1. The van der Waals surface area contributed by atoms with Crippen molar-refractivity contribution in [3.05, 3.63) is 29.6 Å². The smallest absolute Gasteiger partial charge is 0.410 e. The summed E-state index contributed by atoms with van der Waals surface area (Å²) in [6, 6.07) is 2.28. The van der Waals surface area contributed by atoms with Gasteiger partial charge in [-0.05, 0) is 38.8 Å². The molecule has 1 aromatic heterocycles. The van der Waals surface area contributed by atoms with E-state index in [1.165, 1.54) is 5.56 Å². The first-order valence-electron chi connectivity index (χ1n) is 8.11. The average molecular weight is 320 g/mol. The molecule has 0 saturated carbocycles. The highest BCUT2D eigenvalue weighted by atomic mass is 16.6. The Labute approximate surface area is 138 Å². The van der Waals surface area contributed by atoms with Crippen LogP contribution in [-0.2, 0) is 11.3 Å². The second kappa shape index (κ2) is 7.27. The summed E-state index contributed by atoms with van der Waals surface area (Å²) in [5.74, 6) is 0. The third-order valence-corrected chi connectivity index (χ3v) is 3.85. The summed E-state index contributed by atoms with van der Waals surface area (Å²) in [4.78, 5) is 20.5. The molecule has 128 valence electrons. The number of carbonyl (C=O) groups excluding carboxylic acids is 1. The van der Waals surface area contributed by atoms with Crippen LogP contribution in [0.2, 0.25) is 0 Å². The van der Waals surface area contributed by atoms with Gasteiger partial charge in [0.2, 0.25) is 0 Å². The van der Waals surface area contributed by atoms with Crippen molar-refractivity contribution < 1.29 is 9.53 Å². The molecule has 1 aliphatic heterocycles. The lowest BCUT2D eigenvalue weighted by molar-refractivity contribution is 0.00352. The van der Waals surface area contributed by atoms with Gasteiger partial charge in [-0.2, -0.15) is 0 Å². The van der Waals surface area contributed by atoms with Gasteiger partial charge in [0, 0.05) is 51.2 Å². The van der Waals surface area contributed by atoms with Gasteiger partial charge in [-0.15, -0.1) is 0 Å². The third kappa shape index (κ3) is 5.18. The van der Waals surface area contributed by atoms with Gasteiger partial charge in [-0.3, -0.25) is 9.88 Å². The van der Waals surface area contributed by atoms with Crippen molar-refractivity contribution >= 4 is 6.09 Å². The van der Waals surface area contributed by atoms with Crippen molar-refractivity contribution in [3.8, 4) is 0 Å². The van der Waals surface area contributed by atoms with Crippen LogP contribution in [0.15, 0.2) is 18.5 Å². The Balaban J connectivity index is 1.97. The molecule has 1 fully saturated rings. The van der Waals surface area contributed by atoms with E-state index < -0.39 is 5.60 Å². The zero-order valence-electron chi connectivity index (χ0n) is 14.6. The fourth-order valence-corrected chi connectivity index (χ4v) is 2.76. The number of hydrogen-bond donors (Lipinski definition) is 1. The maximum Gasteiger partial charge on any atom is 0.410 e. The summed E-state index contributed by atoms with van der Waals surface area (Å²) in [5, 5.41) is 0. The van der Waals surface area contributed by atoms with Crippen LogP contribution in [0, 0.1) is 6.92 Å². The molecule has 0 aliphatic carbocycles. The van der Waals surface area contributed by atoms with Crippen LogP contribution in [0.1, 0.15) is 31.9 Å². The van der Waals surface area contributed by atoms with E-state index in [2.05, 4.69) is 16.0 Å². The fourth-order valence-electron chi connectivity index (χ4n) is 2.76. The van der Waals surface area contributed by atoms with Crippen LogP contribution in [-0.4, -0.2) is 58.7 Å². The summed E-state index contributed by atoms with van der Waals surface area (Å²) in [6.45, 7) is 11.0. The Kier molecular flexibility index (Phi) is 5.59. The molecule has 1 aliphatic rings. The number of nitrogens with two attached hydrogens (primary N) is 1. The van der Waals surface area contributed by atoms with Gasteiger partial charge >= 0.3 is 6.09 Å². The number of aryl methyl sites for hydroxylation is 1. The van der Waals surface area contributed by atoms with Crippen LogP contribution >= 0.6 is 0 Å². The predicted molar refractivity (Wildman–Crippen MR) is 90.0 cm³/mol. The number of aromatic nitrogens is 1. The Morgan fingerprint density at radius 1 is 1.39 bits per heavy atom. The van der Waals surface area contributed by atoms with E-state index in [1.54, 1.807) is 4.90 Å². The molecule has 1 amide bonds. The molecular weight excluding hydrogens is 292 g/mol. The van der Waals surface area contributed by atoms with E-state index in [0.29, 0.717) is 19.6 Å². The van der Waals surface area contributed by atoms with Crippen molar-refractivity contribution in [2.24, 2.45) is 5.73 Å². The summed E-state index contributed by atoms with van der Waals surface area (Å²) in [7, 11) is 0. The van der Waals surface area contributed by atoms with E-state index >= 15 is 0 Å². The Hall–Kier alpha value is -1.66. The second-order valence-corrected chi connectivity index (χ2v) is 7.16. The number of piperazine rings is 1. The molecule has 0 spiro atoms. The molecule has 0 bridgehead atoms. The van der Waals surface area contributed by atoms with Gasteiger partial charge in [0.1, 0.15) is 5.60 Å². The molecule has 23 heavy (non-hydrogen) atoms. The first-order valence-corrected chi connectivity index (χ1v) is 8.11. The quantitative estimate of drug-likeness (QED) is 0.919. The highest BCUT2D eigenvalue weighted by molar-refractivity contribution is 5.68. The number of nitrogens with zero attached hydrogens (tertiary/aromatic N) is 3. The molecule has 2 heterocycles. The minimum Gasteiger partial charge on any atom is -0.444 e. The van der Waals surface area contributed by atoms with E-state index in [9.17, 15) is 4.79 Å². The standard InChI is InChI=1S/C17H28N4O2/c1-13-7-14(10-19-9-13)11-20-5-6-21(12-15(20)8-18)16(22)23-17(2,3)4/h7,9-10,15H,5-6,8,11-12,18H2,1-4H3. The van der Waals surface area contributed by atoms with E-state index in [0.717, 1.165) is 18.7 Å². The van der Waals surface area contributed by atoms with Gasteiger partial charge in [-0.25, -0.2) is 4.79 Å². The zero-order valence-corrected chi connectivity index (χ0v) is 14.6. The average Bonchev–Trinajstić information content (AvgIpc) is 2.46. The highest BCUT2D eigenvalue weighted by Crippen LogP contribution is 2.17. The van der Waals surface area contributed by atoms with Crippen molar-refractivity contribution in [1.82, 2.24) is 14.8 Å². The van der Waals surface area contributed by atoms with E-state index in [1.807, 2.05) is 40.1 Å². The highest BCUT2D eigenvalue weighted by Gasteiger charge is 2.31. The number of hydrogen-bond acceptors (Lipinski definition) is 5. The monoisotopic (exact) mass is 320 g/mol. The molecule has 1 saturated heterocycles.